The summed E-state index contributed by atoms with van der Waals surface area (Å²) >= 11 is 0. The molecule has 8 N–H and O–H groups in total. The van der Waals surface area contributed by atoms with Crippen LogP contribution in [0.15, 0.2) is 0 Å². The number of carbonyl (C=O) groups is 2. The minimum Gasteiger partial charge on any atom is -0.481 e. The molecule has 0 aliphatic heterocycles. The number of nitrogens with two attached hydrogens (primary N) is 3. The first kappa shape index (κ1) is 30.7. The van der Waals surface area contributed by atoms with Crippen LogP contribution in [0.25, 0.3) is 0 Å². The number of aliphatic carboxylic acids is 1. The van der Waals surface area contributed by atoms with Gasteiger partial charge in [-0.15, -0.1) is 0 Å². The van der Waals surface area contributed by atoms with E-state index in [2.05, 4.69) is 5.32 Å². The lowest BCUT2D eigenvalue weighted by Crippen LogP contribution is -2.50. The summed E-state index contributed by atoms with van der Waals surface area (Å²) in [6.45, 7) is 4.00. The molecule has 0 saturated carbocycles. The van der Waals surface area contributed by atoms with Gasteiger partial charge in [0.15, 0.2) is 0 Å². The van der Waals surface area contributed by atoms with Gasteiger partial charge in [-0.25, -0.2) is 0 Å². The van der Waals surface area contributed by atoms with Gasteiger partial charge in [0, 0.05) is 5.54 Å². The second kappa shape index (κ2) is 21.5. The number of nitrogens with one attached hydrogen (secondary N) is 1. The third-order valence-corrected chi connectivity index (χ3v) is 4.79. The molecule has 0 aromatic carbocycles. The number of carbonyl (C=O) groups excluding carboxylic acids is 1. The van der Waals surface area contributed by atoms with Gasteiger partial charge in [0.25, 0.3) is 0 Å². The predicted octanol–water partition coefficient (Wildman–Crippen LogP) is -0.401. The normalized spacial score (nSPS) is 11.6. The highest BCUT2D eigenvalue weighted by Crippen LogP contribution is 2.25. The summed E-state index contributed by atoms with van der Waals surface area (Å²) in [7, 11) is 0. The van der Waals surface area contributed by atoms with Gasteiger partial charge in [-0.1, -0.05) is 0 Å². The molecule has 0 saturated heterocycles. The maximum atomic E-state index is 12.4. The Balaban J connectivity index is 3.93. The van der Waals surface area contributed by atoms with Crippen molar-refractivity contribution in [1.82, 2.24) is 5.32 Å². The molecule has 0 unspecified atom stereocenters. The lowest BCUT2D eigenvalue weighted by Gasteiger charge is -2.35. The zero-order chi connectivity index (χ0) is 23.9. The van der Waals surface area contributed by atoms with Crippen molar-refractivity contribution in [1.29, 1.82) is 0 Å². The Kier molecular flexibility index (Phi) is 20.6. The Bertz CT molecular complexity index is 448. The van der Waals surface area contributed by atoms with Gasteiger partial charge in [0.2, 0.25) is 5.91 Å². The van der Waals surface area contributed by atoms with Crippen LogP contribution in [0, 0.1) is 0 Å². The lowest BCUT2D eigenvalue weighted by molar-refractivity contribution is -0.138. The van der Waals surface area contributed by atoms with E-state index in [-0.39, 0.29) is 31.1 Å². The summed E-state index contributed by atoms with van der Waals surface area (Å²) in [5, 5.41) is 11.6. The highest BCUT2D eigenvalue weighted by atomic mass is 16.6. The highest BCUT2D eigenvalue weighted by molar-refractivity contribution is 5.78. The number of hydrogen-bond acceptors (Lipinski definition) is 9. The SMILES string of the molecule is NCCCC(CCCN)(CCCN)NC(=O)COCCOCCOCCOCCC(=O)O. The molecule has 0 atom stereocenters. The Morgan fingerprint density at radius 1 is 0.688 bits per heavy atom. The fourth-order valence-electron chi connectivity index (χ4n) is 3.20. The maximum absolute atomic E-state index is 12.4. The molecule has 0 fully saturated rings. The van der Waals surface area contributed by atoms with Crippen LogP contribution in [-0.2, 0) is 28.5 Å². The number of carboxylic acids is 1. The molecule has 0 radical (unpaired) electrons. The van der Waals surface area contributed by atoms with Crippen molar-refractivity contribution in [3.8, 4) is 0 Å². The van der Waals surface area contributed by atoms with E-state index in [1.54, 1.807) is 0 Å². The van der Waals surface area contributed by atoms with Crippen LogP contribution in [0.3, 0.4) is 0 Å². The summed E-state index contributed by atoms with van der Waals surface area (Å²) in [5.74, 6) is -1.05. The molecule has 32 heavy (non-hydrogen) atoms. The summed E-state index contributed by atoms with van der Waals surface area (Å²) in [6.07, 6.45) is 4.83. The summed E-state index contributed by atoms with van der Waals surface area (Å²) < 4.78 is 21.2. The van der Waals surface area contributed by atoms with Crippen LogP contribution in [0.2, 0.25) is 0 Å². The van der Waals surface area contributed by atoms with Crippen LogP contribution in [-0.4, -0.2) is 95.0 Å². The van der Waals surface area contributed by atoms with Crippen LogP contribution >= 0.6 is 0 Å². The molecule has 0 rings (SSSR count). The molecule has 0 heterocycles. The fraction of sp³-hybridized carbons (Fsp3) is 0.905. The Morgan fingerprint density at radius 2 is 1.09 bits per heavy atom. The zero-order valence-corrected chi connectivity index (χ0v) is 19.4. The average molecular weight is 465 g/mol. The van der Waals surface area contributed by atoms with Gasteiger partial charge in [0.05, 0.1) is 52.7 Å². The lowest BCUT2D eigenvalue weighted by atomic mass is 9.83. The second-order valence-corrected chi connectivity index (χ2v) is 7.54. The van der Waals surface area contributed by atoms with Crippen LogP contribution in [0.1, 0.15) is 44.9 Å². The van der Waals surface area contributed by atoms with Crippen molar-refractivity contribution in [2.75, 3.05) is 72.5 Å². The van der Waals surface area contributed by atoms with Crippen molar-refractivity contribution < 1.29 is 33.6 Å². The minimum atomic E-state index is -0.886. The monoisotopic (exact) mass is 464 g/mol. The third kappa shape index (κ3) is 18.3. The number of rotatable bonds is 24. The van der Waals surface area contributed by atoms with E-state index in [4.69, 9.17) is 41.3 Å². The molecule has 1 amide bonds. The van der Waals surface area contributed by atoms with Gasteiger partial charge in [-0.2, -0.15) is 0 Å². The quantitative estimate of drug-likeness (QED) is 0.118. The first-order chi connectivity index (χ1) is 15.5. The molecule has 190 valence electrons. The Labute approximate surface area is 191 Å². The van der Waals surface area contributed by atoms with Gasteiger partial charge in [0.1, 0.15) is 6.61 Å². The van der Waals surface area contributed by atoms with E-state index in [9.17, 15) is 9.59 Å². The molecule has 0 spiro atoms. The molecule has 0 bridgehead atoms. The first-order valence-corrected chi connectivity index (χ1v) is 11.4. The van der Waals surface area contributed by atoms with Gasteiger partial charge < -0.3 is 46.6 Å². The molecule has 0 aliphatic carbocycles. The number of carboxylic acid groups (broad SMARTS) is 1. The number of hydrogen-bond donors (Lipinski definition) is 5. The largest absolute Gasteiger partial charge is 0.481 e. The molecule has 11 nitrogen and oxygen atoms in total. The topological polar surface area (TPSA) is 181 Å². The first-order valence-electron chi connectivity index (χ1n) is 11.4. The second-order valence-electron chi connectivity index (χ2n) is 7.54. The summed E-state index contributed by atoms with van der Waals surface area (Å²) in [6, 6.07) is 0. The van der Waals surface area contributed by atoms with E-state index in [1.807, 2.05) is 0 Å². The predicted molar refractivity (Wildman–Crippen MR) is 121 cm³/mol. The smallest absolute Gasteiger partial charge is 0.305 e. The van der Waals surface area contributed by atoms with E-state index in [0.29, 0.717) is 59.3 Å². The maximum Gasteiger partial charge on any atom is 0.305 e. The summed E-state index contributed by atoms with van der Waals surface area (Å²) in [4.78, 5) is 22.8. The molecule has 0 aromatic rings. The minimum absolute atomic E-state index is 0.0166. The van der Waals surface area contributed by atoms with Crippen molar-refractivity contribution in [3.05, 3.63) is 0 Å². The average Bonchev–Trinajstić information content (AvgIpc) is 2.77. The zero-order valence-electron chi connectivity index (χ0n) is 19.4. The Morgan fingerprint density at radius 3 is 1.50 bits per heavy atom. The third-order valence-electron chi connectivity index (χ3n) is 4.79. The molecule has 0 aromatic heterocycles. The standard InChI is InChI=1S/C21H44N4O7/c22-8-1-5-21(6-2-9-23,7-3-10-24)25-19(26)18-32-17-16-31-15-14-30-13-12-29-11-4-20(27)28/h1-18,22-24H2,(H,25,26)(H,27,28). The van der Waals surface area contributed by atoms with Gasteiger partial charge >= 0.3 is 5.97 Å². The number of amides is 1. The molecule has 11 heteroatoms. The van der Waals surface area contributed by atoms with Crippen LogP contribution in [0.4, 0.5) is 0 Å². The fourth-order valence-corrected chi connectivity index (χ4v) is 3.20. The summed E-state index contributed by atoms with van der Waals surface area (Å²) in [5.41, 5.74) is 16.7. The van der Waals surface area contributed by atoms with E-state index in [1.165, 1.54) is 0 Å². The van der Waals surface area contributed by atoms with Crippen molar-refractivity contribution >= 4 is 11.9 Å². The van der Waals surface area contributed by atoms with E-state index in [0.717, 1.165) is 38.5 Å². The van der Waals surface area contributed by atoms with E-state index < -0.39 is 5.97 Å². The van der Waals surface area contributed by atoms with Crippen molar-refractivity contribution in [2.24, 2.45) is 17.2 Å². The molecular weight excluding hydrogens is 420 g/mol. The highest BCUT2D eigenvalue weighted by Gasteiger charge is 2.30. The van der Waals surface area contributed by atoms with Crippen molar-refractivity contribution in [3.63, 3.8) is 0 Å². The molecular formula is C21H44N4O7. The Hall–Kier alpha value is -1.34. The van der Waals surface area contributed by atoms with Crippen LogP contribution in [0.5, 0.6) is 0 Å². The molecule has 0 aliphatic rings. The van der Waals surface area contributed by atoms with Gasteiger partial charge in [-0.05, 0) is 58.2 Å². The van der Waals surface area contributed by atoms with Crippen LogP contribution < -0.4 is 22.5 Å². The van der Waals surface area contributed by atoms with Crippen molar-refractivity contribution in [2.45, 2.75) is 50.5 Å². The van der Waals surface area contributed by atoms with Gasteiger partial charge in [-0.3, -0.25) is 9.59 Å². The van der Waals surface area contributed by atoms with E-state index >= 15 is 0 Å². The number of ether oxygens (including phenoxy) is 4.